The molecule has 0 amide bonds. The molecule has 1 aromatic carbocycles. The molecule has 104 valence electrons. The molecule has 0 saturated carbocycles. The number of rotatable bonds is 2. The first-order chi connectivity index (χ1) is 8.65. The molecule has 1 aliphatic rings. The Hall–Kier alpha value is -0.863. The first kappa shape index (κ1) is 14.5. The van der Waals surface area contributed by atoms with Gasteiger partial charge in [-0.25, -0.2) is 0 Å². The fourth-order valence-corrected chi connectivity index (χ4v) is 3.71. The van der Waals surface area contributed by atoms with Crippen LogP contribution in [0.1, 0.15) is 44.9 Å². The van der Waals surface area contributed by atoms with Crippen LogP contribution in [0.4, 0.5) is 0 Å². The van der Waals surface area contributed by atoms with Crippen molar-refractivity contribution < 1.29 is 4.43 Å². The summed E-state index contributed by atoms with van der Waals surface area (Å²) in [6.07, 6.45) is 0.185. The van der Waals surface area contributed by atoms with Gasteiger partial charge in [-0.15, -0.1) is 0 Å². The molecule has 0 spiro atoms. The third-order valence-electron chi connectivity index (χ3n) is 4.84. The lowest BCUT2D eigenvalue weighted by Gasteiger charge is -2.39. The van der Waals surface area contributed by atoms with E-state index in [-0.39, 0.29) is 11.1 Å². The maximum atomic E-state index is 6.65. The van der Waals surface area contributed by atoms with Gasteiger partial charge in [-0.1, -0.05) is 58.5 Å². The van der Waals surface area contributed by atoms with Gasteiger partial charge in [0.15, 0.2) is 8.32 Å². The van der Waals surface area contributed by atoms with Gasteiger partial charge in [-0.3, -0.25) is 0 Å². The second-order valence-corrected chi connectivity index (χ2v) is 12.0. The van der Waals surface area contributed by atoms with Crippen molar-refractivity contribution in [2.24, 2.45) is 5.92 Å². The van der Waals surface area contributed by atoms with E-state index in [1.807, 2.05) is 0 Å². The third-order valence-corrected chi connectivity index (χ3v) is 9.30. The Labute approximate surface area is 118 Å². The molecule has 0 heterocycles. The highest BCUT2D eigenvalue weighted by Crippen LogP contribution is 2.49. The normalized spacial score (nSPS) is 23.6. The summed E-state index contributed by atoms with van der Waals surface area (Å²) in [5, 5.41) is 0.242. The summed E-state index contributed by atoms with van der Waals surface area (Å²) < 4.78 is 6.65. The molecule has 2 atom stereocenters. The summed E-state index contributed by atoms with van der Waals surface area (Å²) in [6.45, 7) is 18.0. The molecular weight excluding hydrogens is 248 g/mol. The maximum absolute atomic E-state index is 6.65. The van der Waals surface area contributed by atoms with E-state index in [2.05, 4.69) is 71.6 Å². The van der Waals surface area contributed by atoms with E-state index in [0.717, 1.165) is 0 Å². The molecule has 2 rings (SSSR count). The maximum Gasteiger partial charge on any atom is 0.192 e. The quantitative estimate of drug-likeness (QED) is 0.655. The van der Waals surface area contributed by atoms with Gasteiger partial charge in [0.05, 0.1) is 6.10 Å². The van der Waals surface area contributed by atoms with Gasteiger partial charge in [0.25, 0.3) is 0 Å². The van der Waals surface area contributed by atoms with E-state index < -0.39 is 8.32 Å². The highest BCUT2D eigenvalue weighted by Gasteiger charge is 2.43. The van der Waals surface area contributed by atoms with Crippen LogP contribution in [0, 0.1) is 5.92 Å². The largest absolute Gasteiger partial charge is 0.409 e. The summed E-state index contributed by atoms with van der Waals surface area (Å²) >= 11 is 0. The molecule has 1 aliphatic carbocycles. The molecule has 1 aromatic rings. The minimum atomic E-state index is -1.75. The lowest BCUT2D eigenvalue weighted by Crippen LogP contribution is -2.42. The number of benzene rings is 1. The average molecular weight is 274 g/mol. The van der Waals surface area contributed by atoms with Gasteiger partial charge in [0, 0.05) is 5.92 Å². The predicted octanol–water partition coefficient (Wildman–Crippen LogP) is 5.41. The molecule has 0 N–H and O–H groups in total. The van der Waals surface area contributed by atoms with Crippen LogP contribution < -0.4 is 0 Å². The Bertz CT molecular complexity index is 496. The lowest BCUT2D eigenvalue weighted by atomic mass is 10.0. The van der Waals surface area contributed by atoms with Crippen molar-refractivity contribution in [2.75, 3.05) is 0 Å². The molecule has 0 fully saturated rings. The van der Waals surface area contributed by atoms with Crippen molar-refractivity contribution in [3.63, 3.8) is 0 Å². The summed E-state index contributed by atoms with van der Waals surface area (Å²) in [7, 11) is -1.75. The zero-order chi connectivity index (χ0) is 14.4. The molecular formula is C17H26OSi. The van der Waals surface area contributed by atoms with Crippen LogP contribution in [0.3, 0.4) is 0 Å². The van der Waals surface area contributed by atoms with Crippen molar-refractivity contribution in [3.8, 4) is 0 Å². The zero-order valence-electron chi connectivity index (χ0n) is 13.1. The van der Waals surface area contributed by atoms with Crippen molar-refractivity contribution in [1.29, 1.82) is 0 Å². The van der Waals surface area contributed by atoms with Gasteiger partial charge < -0.3 is 4.43 Å². The zero-order valence-corrected chi connectivity index (χ0v) is 14.1. The molecule has 0 aliphatic heterocycles. The Morgan fingerprint density at radius 1 is 1.16 bits per heavy atom. The second-order valence-electron chi connectivity index (χ2n) is 7.20. The average Bonchev–Trinajstić information content (AvgIpc) is 2.54. The van der Waals surface area contributed by atoms with E-state index in [9.17, 15) is 0 Å². The molecule has 0 aromatic heterocycles. The van der Waals surface area contributed by atoms with Gasteiger partial charge in [0.1, 0.15) is 0 Å². The summed E-state index contributed by atoms with van der Waals surface area (Å²) in [5.41, 5.74) is 3.84. The van der Waals surface area contributed by atoms with E-state index in [1.54, 1.807) is 0 Å². The topological polar surface area (TPSA) is 9.23 Å². The van der Waals surface area contributed by atoms with Crippen LogP contribution in [0.2, 0.25) is 18.1 Å². The first-order valence-electron chi connectivity index (χ1n) is 7.11. The highest BCUT2D eigenvalue weighted by atomic mass is 28.4. The second kappa shape index (κ2) is 4.60. The highest BCUT2D eigenvalue weighted by molar-refractivity contribution is 6.74. The van der Waals surface area contributed by atoms with Gasteiger partial charge >= 0.3 is 0 Å². The Morgan fingerprint density at radius 3 is 2.32 bits per heavy atom. The van der Waals surface area contributed by atoms with Gasteiger partial charge in [0.2, 0.25) is 0 Å². The Kier molecular flexibility index (Phi) is 3.52. The molecule has 0 saturated heterocycles. The molecule has 1 nitrogen and oxygen atoms in total. The van der Waals surface area contributed by atoms with E-state index >= 15 is 0 Å². The molecule has 2 heteroatoms. The van der Waals surface area contributed by atoms with Crippen molar-refractivity contribution in [2.45, 2.75) is 51.9 Å². The summed E-state index contributed by atoms with van der Waals surface area (Å²) in [5.74, 6) is 0.381. The standard InChI is InChI=1S/C17H26OSi/c1-12-13(2)16(15-11-9-8-10-14(12)15)18-19(6,7)17(3,4)5/h8-11,13,16H,1H2,2-7H3/t13-,16+/m0/s1. The van der Waals surface area contributed by atoms with Crippen molar-refractivity contribution in [3.05, 3.63) is 42.0 Å². The van der Waals surface area contributed by atoms with Gasteiger partial charge in [-0.05, 0) is 34.8 Å². The monoisotopic (exact) mass is 274 g/mol. The number of fused-ring (bicyclic) bond motifs is 1. The van der Waals surface area contributed by atoms with Crippen LogP contribution >= 0.6 is 0 Å². The summed E-state index contributed by atoms with van der Waals surface area (Å²) in [6, 6.07) is 8.56. The molecule has 0 bridgehead atoms. The molecule has 0 unspecified atom stereocenters. The smallest absolute Gasteiger partial charge is 0.192 e. The SMILES string of the molecule is C=C1c2ccccc2[C@H](O[Si](C)(C)C(C)(C)C)[C@H]1C. The van der Waals surface area contributed by atoms with Crippen LogP contribution in [0.5, 0.6) is 0 Å². The third kappa shape index (κ3) is 2.44. The predicted molar refractivity (Wildman–Crippen MR) is 85.7 cm³/mol. The molecule has 0 radical (unpaired) electrons. The van der Waals surface area contributed by atoms with Crippen LogP contribution in [0.15, 0.2) is 30.8 Å². The van der Waals surface area contributed by atoms with E-state index in [4.69, 9.17) is 4.43 Å². The van der Waals surface area contributed by atoms with Crippen LogP contribution in [0.25, 0.3) is 5.57 Å². The molecule has 19 heavy (non-hydrogen) atoms. The Morgan fingerprint density at radius 2 is 1.74 bits per heavy atom. The number of hydrogen-bond donors (Lipinski definition) is 0. The Balaban J connectivity index is 2.35. The first-order valence-corrected chi connectivity index (χ1v) is 10.0. The van der Waals surface area contributed by atoms with Crippen LogP contribution in [-0.2, 0) is 4.43 Å². The van der Waals surface area contributed by atoms with Crippen molar-refractivity contribution >= 4 is 13.9 Å². The number of hydrogen-bond acceptors (Lipinski definition) is 1. The van der Waals surface area contributed by atoms with Gasteiger partial charge in [-0.2, -0.15) is 0 Å². The van der Waals surface area contributed by atoms with Crippen molar-refractivity contribution in [1.82, 2.24) is 0 Å². The fourth-order valence-electron chi connectivity index (χ4n) is 2.39. The minimum absolute atomic E-state index is 0.185. The fraction of sp³-hybridized carbons (Fsp3) is 0.529. The lowest BCUT2D eigenvalue weighted by molar-refractivity contribution is 0.159. The summed E-state index contributed by atoms with van der Waals surface area (Å²) in [4.78, 5) is 0. The van der Waals surface area contributed by atoms with E-state index in [0.29, 0.717) is 5.92 Å². The van der Waals surface area contributed by atoms with E-state index in [1.165, 1.54) is 16.7 Å². The van der Waals surface area contributed by atoms with Crippen LogP contribution in [-0.4, -0.2) is 8.32 Å². The minimum Gasteiger partial charge on any atom is -0.409 e.